The largest absolute Gasteiger partial charge is 0.377 e. The molecule has 18 heavy (non-hydrogen) atoms. The average molecular weight is 259 g/mol. The molecule has 0 radical (unpaired) electrons. The normalized spacial score (nSPS) is 11.3. The van der Waals surface area contributed by atoms with E-state index in [0.717, 1.165) is 0 Å². The molecule has 0 aromatic carbocycles. The molecule has 0 bridgehead atoms. The molecule has 5 nitrogen and oxygen atoms in total. The lowest BCUT2D eigenvalue weighted by Gasteiger charge is -2.16. The molecule has 1 N–H and O–H groups in total. The Bertz CT molecular complexity index is 258. The second kappa shape index (κ2) is 9.05. The molecule has 106 valence electrons. The summed E-state index contributed by atoms with van der Waals surface area (Å²) in [6.07, 6.45) is 0.484. The zero-order chi connectivity index (χ0) is 14.0. The van der Waals surface area contributed by atoms with Gasteiger partial charge in [-0.3, -0.25) is 9.59 Å². The maximum absolute atomic E-state index is 11.5. The second-order valence-electron chi connectivity index (χ2n) is 5.04. The van der Waals surface area contributed by atoms with Gasteiger partial charge in [0.15, 0.2) is 5.78 Å². The van der Waals surface area contributed by atoms with Crippen molar-refractivity contribution in [1.29, 1.82) is 0 Å². The Labute approximate surface area is 109 Å². The molecule has 0 aliphatic heterocycles. The molecule has 0 atom stereocenters. The van der Waals surface area contributed by atoms with Crippen molar-refractivity contribution in [2.24, 2.45) is 5.41 Å². The van der Waals surface area contributed by atoms with Crippen LogP contribution in [0.4, 0.5) is 0 Å². The molecule has 0 aromatic heterocycles. The summed E-state index contributed by atoms with van der Waals surface area (Å²) < 4.78 is 10.5. The van der Waals surface area contributed by atoms with Gasteiger partial charge >= 0.3 is 0 Å². The molecule has 0 aromatic rings. The molecular formula is C13H25NO4. The molecule has 0 saturated carbocycles. The number of hydrogen-bond donors (Lipinski definition) is 1. The highest BCUT2D eigenvalue weighted by Crippen LogP contribution is 2.14. The number of ether oxygens (including phenoxy) is 2. The van der Waals surface area contributed by atoms with Gasteiger partial charge in [-0.2, -0.15) is 0 Å². The van der Waals surface area contributed by atoms with Gasteiger partial charge in [-0.25, -0.2) is 0 Å². The van der Waals surface area contributed by atoms with Crippen molar-refractivity contribution in [2.75, 3.05) is 33.0 Å². The number of ketones is 1. The van der Waals surface area contributed by atoms with Crippen LogP contribution in [0.25, 0.3) is 0 Å². The van der Waals surface area contributed by atoms with Crippen LogP contribution in [-0.4, -0.2) is 44.7 Å². The van der Waals surface area contributed by atoms with Crippen LogP contribution in [0.2, 0.25) is 0 Å². The predicted molar refractivity (Wildman–Crippen MR) is 69.4 cm³/mol. The molecule has 5 heteroatoms. The van der Waals surface area contributed by atoms with E-state index in [-0.39, 0.29) is 23.7 Å². The molecule has 0 fully saturated rings. The van der Waals surface area contributed by atoms with Crippen molar-refractivity contribution in [3.8, 4) is 0 Å². The third kappa shape index (κ3) is 9.13. The first-order valence-electron chi connectivity index (χ1n) is 6.33. The van der Waals surface area contributed by atoms with E-state index in [0.29, 0.717) is 32.8 Å². The lowest BCUT2D eigenvalue weighted by Crippen LogP contribution is -2.27. The summed E-state index contributed by atoms with van der Waals surface area (Å²) in [7, 11) is 0. The minimum Gasteiger partial charge on any atom is -0.377 e. The van der Waals surface area contributed by atoms with Gasteiger partial charge in [-0.15, -0.1) is 0 Å². The Morgan fingerprint density at radius 2 is 1.67 bits per heavy atom. The smallest absolute Gasteiger partial charge is 0.219 e. The zero-order valence-electron chi connectivity index (χ0n) is 11.9. The molecule has 0 aliphatic carbocycles. The Hall–Kier alpha value is -0.940. The molecule has 0 spiro atoms. The fraction of sp³-hybridized carbons (Fsp3) is 0.846. The van der Waals surface area contributed by atoms with E-state index < -0.39 is 0 Å². The van der Waals surface area contributed by atoms with Crippen molar-refractivity contribution >= 4 is 11.7 Å². The Kier molecular flexibility index (Phi) is 8.58. The lowest BCUT2D eigenvalue weighted by molar-refractivity contribution is -0.131. The van der Waals surface area contributed by atoms with Crippen molar-refractivity contribution < 1.29 is 19.1 Å². The summed E-state index contributed by atoms with van der Waals surface area (Å²) in [6, 6.07) is 0. The fourth-order valence-corrected chi connectivity index (χ4v) is 0.989. The Morgan fingerprint density at radius 3 is 2.22 bits per heavy atom. The van der Waals surface area contributed by atoms with Gasteiger partial charge in [-0.05, 0) is 0 Å². The lowest BCUT2D eigenvalue weighted by atomic mass is 9.91. The van der Waals surface area contributed by atoms with Gasteiger partial charge in [0, 0.05) is 18.4 Å². The van der Waals surface area contributed by atoms with E-state index in [2.05, 4.69) is 5.32 Å². The number of carbonyl (C=O) groups is 2. The summed E-state index contributed by atoms with van der Waals surface area (Å²) in [5.41, 5.74) is -0.356. The first kappa shape index (κ1) is 17.1. The monoisotopic (exact) mass is 259 g/mol. The molecule has 0 rings (SSSR count). The number of hydrogen-bond acceptors (Lipinski definition) is 4. The maximum Gasteiger partial charge on any atom is 0.219 e. The van der Waals surface area contributed by atoms with Crippen molar-refractivity contribution in [2.45, 2.75) is 34.1 Å². The van der Waals surface area contributed by atoms with Crippen molar-refractivity contribution in [3.63, 3.8) is 0 Å². The van der Waals surface area contributed by atoms with Crippen LogP contribution in [0.3, 0.4) is 0 Å². The van der Waals surface area contributed by atoms with E-state index in [9.17, 15) is 9.59 Å². The quantitative estimate of drug-likeness (QED) is 0.631. The van der Waals surface area contributed by atoms with Gasteiger partial charge < -0.3 is 14.8 Å². The summed E-state index contributed by atoms with van der Waals surface area (Å²) in [4.78, 5) is 22.4. The van der Waals surface area contributed by atoms with Gasteiger partial charge in [0.05, 0.1) is 19.8 Å². The number of carbonyl (C=O) groups excluding carboxylic acids is 2. The summed E-state index contributed by atoms with van der Waals surface area (Å²) in [6.45, 7) is 9.32. The Morgan fingerprint density at radius 1 is 1.06 bits per heavy atom. The van der Waals surface area contributed by atoms with Crippen LogP contribution >= 0.6 is 0 Å². The molecular weight excluding hydrogens is 234 g/mol. The van der Waals surface area contributed by atoms with Gasteiger partial charge in [0.1, 0.15) is 6.61 Å². The van der Waals surface area contributed by atoms with Crippen LogP contribution in [0.1, 0.15) is 34.1 Å². The third-order valence-corrected chi connectivity index (χ3v) is 2.33. The topological polar surface area (TPSA) is 64.6 Å². The highest BCUT2D eigenvalue weighted by atomic mass is 16.5. The van der Waals surface area contributed by atoms with Gasteiger partial charge in [0.25, 0.3) is 0 Å². The fourth-order valence-electron chi connectivity index (χ4n) is 0.989. The molecule has 0 unspecified atom stereocenters. The summed E-state index contributed by atoms with van der Waals surface area (Å²) in [5.74, 6) is 0.100. The molecule has 1 amide bonds. The SMILES string of the molecule is CCC(=O)NCCOCCOCC(=O)C(C)(C)C. The number of nitrogens with one attached hydrogen (secondary N) is 1. The first-order valence-corrected chi connectivity index (χ1v) is 6.33. The molecule has 0 heterocycles. The number of amides is 1. The van der Waals surface area contributed by atoms with Crippen LogP contribution in [0.5, 0.6) is 0 Å². The average Bonchev–Trinajstić information content (AvgIpc) is 2.30. The third-order valence-electron chi connectivity index (χ3n) is 2.33. The van der Waals surface area contributed by atoms with E-state index in [1.165, 1.54) is 0 Å². The minimum atomic E-state index is -0.356. The maximum atomic E-state index is 11.5. The first-order chi connectivity index (χ1) is 8.38. The predicted octanol–water partition coefficient (Wildman–Crippen LogP) is 1.16. The molecule has 0 saturated heterocycles. The van der Waals surface area contributed by atoms with Crippen LogP contribution in [0.15, 0.2) is 0 Å². The van der Waals surface area contributed by atoms with E-state index in [1.54, 1.807) is 6.92 Å². The van der Waals surface area contributed by atoms with E-state index in [4.69, 9.17) is 9.47 Å². The summed E-state index contributed by atoms with van der Waals surface area (Å²) >= 11 is 0. The highest BCUT2D eigenvalue weighted by Gasteiger charge is 2.20. The minimum absolute atomic E-state index is 0.0191. The van der Waals surface area contributed by atoms with Crippen molar-refractivity contribution in [3.05, 3.63) is 0 Å². The van der Waals surface area contributed by atoms with Crippen LogP contribution in [0, 0.1) is 5.41 Å². The van der Waals surface area contributed by atoms with E-state index >= 15 is 0 Å². The van der Waals surface area contributed by atoms with Gasteiger partial charge in [0.2, 0.25) is 5.91 Å². The Balaban J connectivity index is 3.32. The highest BCUT2D eigenvalue weighted by molar-refractivity contribution is 5.84. The van der Waals surface area contributed by atoms with Crippen molar-refractivity contribution in [1.82, 2.24) is 5.32 Å². The number of Topliss-reactive ketones (excluding diaryl/α,β-unsaturated/α-hetero) is 1. The van der Waals surface area contributed by atoms with Gasteiger partial charge in [-0.1, -0.05) is 27.7 Å². The number of rotatable bonds is 9. The van der Waals surface area contributed by atoms with E-state index in [1.807, 2.05) is 20.8 Å². The second-order valence-corrected chi connectivity index (χ2v) is 5.04. The standard InChI is InChI=1S/C13H25NO4/c1-5-12(16)14-6-7-17-8-9-18-10-11(15)13(2,3)4/h5-10H2,1-4H3,(H,14,16). The van der Waals surface area contributed by atoms with Crippen LogP contribution in [-0.2, 0) is 19.1 Å². The summed E-state index contributed by atoms with van der Waals surface area (Å²) in [5, 5.41) is 2.70. The molecule has 0 aliphatic rings. The van der Waals surface area contributed by atoms with Crippen LogP contribution < -0.4 is 5.32 Å². The zero-order valence-corrected chi connectivity index (χ0v) is 11.9.